The Hall–Kier alpha value is -1.83. The average molecular weight is 460 g/mol. The Morgan fingerprint density at radius 1 is 0.903 bits per heavy atom. The number of rotatable bonds is 5. The molecule has 0 saturated heterocycles. The molecule has 13 heteroatoms. The molecule has 0 unspecified atom stereocenters. The Bertz CT molecular complexity index is 1290. The van der Waals surface area contributed by atoms with Crippen LogP contribution >= 0.6 is 0 Å². The molecule has 3 aromatic rings. The smallest absolute Gasteiger partial charge is 0.744 e. The van der Waals surface area contributed by atoms with E-state index in [1.165, 1.54) is 12.1 Å². The molecule has 0 fully saturated rings. The van der Waals surface area contributed by atoms with Gasteiger partial charge in [-0.25, -0.2) is 8.42 Å². The van der Waals surface area contributed by atoms with Crippen molar-refractivity contribution in [3.63, 3.8) is 0 Å². The van der Waals surface area contributed by atoms with Crippen molar-refractivity contribution >= 4 is 44.1 Å². The Morgan fingerprint density at radius 3 is 2.00 bits per heavy atom. The minimum Gasteiger partial charge on any atom is -0.744 e. The molecule has 0 aliphatic rings. The molecule has 0 aliphatic heterocycles. The van der Waals surface area contributed by atoms with E-state index in [-0.39, 0.29) is 70.4 Å². The van der Waals surface area contributed by atoms with E-state index in [2.05, 4.69) is 5.32 Å². The molecule has 31 heavy (non-hydrogen) atoms. The molecule has 3 rings (SSSR count). The molecule has 0 heterocycles. The fourth-order valence-electron chi connectivity index (χ4n) is 2.72. The number of nitro benzene ring substituents is 1. The second-order valence-corrected chi connectivity index (χ2v) is 7.23. The first-order chi connectivity index (χ1) is 13.6. The summed E-state index contributed by atoms with van der Waals surface area (Å²) >= 11 is 0. The third-order valence-electron chi connectivity index (χ3n) is 4.04. The van der Waals surface area contributed by atoms with Gasteiger partial charge in [-0.2, -0.15) is 0 Å². The van der Waals surface area contributed by atoms with E-state index >= 15 is 0 Å². The number of fused-ring (bicyclic) bond motifs is 1. The number of benzene rings is 3. The average Bonchev–Trinajstić information content (AvgIpc) is 2.66. The summed E-state index contributed by atoms with van der Waals surface area (Å²) < 4.78 is 34.4. The molecule has 0 saturated carbocycles. The van der Waals surface area contributed by atoms with E-state index in [9.17, 15) is 37.8 Å². The van der Waals surface area contributed by atoms with Crippen molar-refractivity contribution in [2.24, 2.45) is 0 Å². The maximum atomic E-state index is 12.6. The molecule has 0 spiro atoms. The van der Waals surface area contributed by atoms with Gasteiger partial charge < -0.3 is 19.8 Å². The maximum Gasteiger partial charge on any atom is 1.00 e. The number of nitro groups is 1. The van der Waals surface area contributed by atoms with E-state index in [0.29, 0.717) is 16.8 Å². The van der Waals surface area contributed by atoms with Crippen LogP contribution in [0.3, 0.4) is 0 Å². The van der Waals surface area contributed by atoms with Crippen LogP contribution < -0.4 is 69.5 Å². The van der Waals surface area contributed by atoms with Crippen LogP contribution in [0.15, 0.2) is 59.5 Å². The summed E-state index contributed by atoms with van der Waals surface area (Å²) in [4.78, 5) is 32.8. The fraction of sp³-hybridized carbons (Fsp3) is 0. The summed E-state index contributed by atoms with van der Waals surface area (Å²) in [6.07, 6.45) is 0. The summed E-state index contributed by atoms with van der Waals surface area (Å²) in [7, 11) is -5.23. The predicted octanol–water partition coefficient (Wildman–Crippen LogP) is -4.72. The van der Waals surface area contributed by atoms with Crippen molar-refractivity contribution in [1.82, 2.24) is 0 Å². The Kier molecular flexibility index (Phi) is 9.35. The molecular formula is C18H10N2Na2O8S. The molecule has 0 atom stereocenters. The van der Waals surface area contributed by atoms with Crippen LogP contribution in [0, 0.1) is 10.1 Å². The third kappa shape index (κ3) is 6.11. The quantitative estimate of drug-likeness (QED) is 0.171. The van der Waals surface area contributed by atoms with Crippen LogP contribution in [-0.2, 0) is 10.1 Å². The largest absolute Gasteiger partial charge is 1.00 e. The summed E-state index contributed by atoms with van der Waals surface area (Å²) in [5, 5.41) is 25.6. The van der Waals surface area contributed by atoms with Crippen LogP contribution in [0.25, 0.3) is 10.8 Å². The van der Waals surface area contributed by atoms with Gasteiger partial charge in [-0.05, 0) is 29.0 Å². The molecule has 0 radical (unpaired) electrons. The molecule has 0 aliphatic carbocycles. The molecule has 0 bridgehead atoms. The SMILES string of the molecule is O=C([O-])c1cc2ccccc2cc1NC(=O)c1ccc([N+](=O)[O-])cc1S(=O)(=O)[O-].[Na+].[Na+]. The first kappa shape index (κ1) is 27.2. The van der Waals surface area contributed by atoms with Crippen molar-refractivity contribution in [2.45, 2.75) is 4.90 Å². The second kappa shape index (κ2) is 10.7. The van der Waals surface area contributed by atoms with Gasteiger partial charge in [-0.3, -0.25) is 14.9 Å². The van der Waals surface area contributed by atoms with Crippen LogP contribution in [0.4, 0.5) is 11.4 Å². The molecular weight excluding hydrogens is 450 g/mol. The number of non-ortho nitro benzene ring substituents is 1. The van der Waals surface area contributed by atoms with Gasteiger partial charge >= 0.3 is 59.1 Å². The van der Waals surface area contributed by atoms with Crippen LogP contribution in [0.5, 0.6) is 0 Å². The van der Waals surface area contributed by atoms with Gasteiger partial charge in [0.2, 0.25) is 0 Å². The Balaban J connectivity index is 0.00000240. The van der Waals surface area contributed by atoms with Gasteiger partial charge in [0, 0.05) is 17.7 Å². The monoisotopic (exact) mass is 460 g/mol. The topological polar surface area (TPSA) is 170 Å². The van der Waals surface area contributed by atoms with Gasteiger partial charge in [0.15, 0.2) is 0 Å². The first-order valence-corrected chi connectivity index (χ1v) is 9.28. The number of carboxylic acid groups (broad SMARTS) is 1. The molecule has 10 nitrogen and oxygen atoms in total. The molecule has 1 amide bonds. The van der Waals surface area contributed by atoms with E-state index in [0.717, 1.165) is 12.1 Å². The summed E-state index contributed by atoms with van der Waals surface area (Å²) in [5.74, 6) is -2.72. The summed E-state index contributed by atoms with van der Waals surface area (Å²) in [6, 6.07) is 11.4. The Morgan fingerprint density at radius 2 is 1.48 bits per heavy atom. The number of carbonyl (C=O) groups excluding carboxylic acids is 2. The Labute approximate surface area is 220 Å². The fourth-order valence-corrected chi connectivity index (χ4v) is 3.42. The molecule has 1 N–H and O–H groups in total. The number of hydrogen-bond acceptors (Lipinski definition) is 8. The van der Waals surface area contributed by atoms with Crippen LogP contribution in [0.1, 0.15) is 20.7 Å². The van der Waals surface area contributed by atoms with Crippen molar-refractivity contribution in [1.29, 1.82) is 0 Å². The van der Waals surface area contributed by atoms with Crippen molar-refractivity contribution < 1.29 is 91.7 Å². The number of carboxylic acids is 1. The zero-order valence-electron chi connectivity index (χ0n) is 16.3. The van der Waals surface area contributed by atoms with Crippen LogP contribution in [-0.4, -0.2) is 29.8 Å². The standard InChI is InChI=1S/C18H12N2O8S.2Na/c21-17(13-6-5-12(20(24)25)9-16(13)29(26,27)28)19-15-8-11-4-2-1-3-10(11)7-14(15)18(22)23;;/h1-9H,(H,19,21)(H,22,23)(H,26,27,28);;/q;2*+1/p-2. The van der Waals surface area contributed by atoms with Gasteiger partial charge in [0.25, 0.3) is 11.6 Å². The van der Waals surface area contributed by atoms with Crippen molar-refractivity contribution in [3.05, 3.63) is 75.8 Å². The van der Waals surface area contributed by atoms with E-state index < -0.39 is 43.1 Å². The zero-order chi connectivity index (χ0) is 21.3. The van der Waals surface area contributed by atoms with Crippen LogP contribution in [0.2, 0.25) is 0 Å². The molecule has 148 valence electrons. The number of aromatic carboxylic acids is 1. The second-order valence-electron chi connectivity index (χ2n) is 5.88. The van der Waals surface area contributed by atoms with E-state index in [1.54, 1.807) is 24.3 Å². The number of hydrogen-bond donors (Lipinski definition) is 1. The molecule has 3 aromatic carbocycles. The number of amides is 1. The van der Waals surface area contributed by atoms with Gasteiger partial charge in [0.05, 0.1) is 27.0 Å². The minimum atomic E-state index is -5.23. The number of anilines is 1. The predicted molar refractivity (Wildman–Crippen MR) is 97.3 cm³/mol. The maximum absolute atomic E-state index is 12.6. The zero-order valence-corrected chi connectivity index (χ0v) is 21.1. The number of nitrogens with zero attached hydrogens (tertiary/aromatic N) is 1. The minimum absolute atomic E-state index is 0. The molecule has 0 aromatic heterocycles. The third-order valence-corrected chi connectivity index (χ3v) is 4.92. The number of carbonyl (C=O) groups is 2. The number of nitrogens with one attached hydrogen (secondary N) is 1. The summed E-state index contributed by atoms with van der Waals surface area (Å²) in [5.41, 5.74) is -1.92. The first-order valence-electron chi connectivity index (χ1n) is 7.88. The normalized spacial score (nSPS) is 10.5. The van der Waals surface area contributed by atoms with Gasteiger partial charge in [0.1, 0.15) is 10.1 Å². The van der Waals surface area contributed by atoms with Gasteiger partial charge in [-0.1, -0.05) is 24.3 Å². The van der Waals surface area contributed by atoms with Crippen molar-refractivity contribution in [3.8, 4) is 0 Å². The van der Waals surface area contributed by atoms with Gasteiger partial charge in [-0.15, -0.1) is 0 Å². The van der Waals surface area contributed by atoms with E-state index in [1.807, 2.05) is 0 Å². The van der Waals surface area contributed by atoms with E-state index in [4.69, 9.17) is 0 Å². The van der Waals surface area contributed by atoms with Crippen molar-refractivity contribution in [2.75, 3.05) is 5.32 Å². The summed E-state index contributed by atoms with van der Waals surface area (Å²) in [6.45, 7) is 0.